The van der Waals surface area contributed by atoms with E-state index in [0.29, 0.717) is 15.8 Å². The van der Waals surface area contributed by atoms with Crippen LogP contribution in [0.4, 0.5) is 0 Å². The van der Waals surface area contributed by atoms with Gasteiger partial charge in [0, 0.05) is 10.9 Å². The average Bonchev–Trinajstić information content (AvgIpc) is 3.17. The highest BCUT2D eigenvalue weighted by atomic mass is 32.1. The standard InChI is InChI=1S/C23H20N2O3S/c1-14-9-10-17(11-15(14)2)18-12-29-21-19(18)22(26)25(13-24-21)20(23(27)28-3)16-7-5-4-6-8-16/h4-13,20H,1-3H3. The smallest absolute Gasteiger partial charge is 0.333 e. The number of benzene rings is 2. The number of rotatable bonds is 4. The molecule has 1 unspecified atom stereocenters. The maximum atomic E-state index is 13.5. The molecule has 1 atom stereocenters. The number of nitrogens with zero attached hydrogens (tertiary/aromatic N) is 2. The number of carbonyl (C=O) groups excluding carboxylic acids is 1. The number of fused-ring (bicyclic) bond motifs is 1. The van der Waals surface area contributed by atoms with Crippen molar-refractivity contribution in [3.63, 3.8) is 0 Å². The maximum absolute atomic E-state index is 13.5. The first-order valence-corrected chi connectivity index (χ1v) is 10.1. The fraction of sp³-hybridized carbons (Fsp3) is 0.174. The van der Waals surface area contributed by atoms with Gasteiger partial charge in [-0.2, -0.15) is 0 Å². The van der Waals surface area contributed by atoms with Gasteiger partial charge in [-0.1, -0.05) is 48.5 Å². The third kappa shape index (κ3) is 3.36. The molecule has 29 heavy (non-hydrogen) atoms. The molecule has 2 heterocycles. The predicted octanol–water partition coefficient (Wildman–Crippen LogP) is 4.50. The normalized spacial score (nSPS) is 12.1. The molecule has 0 saturated heterocycles. The molecule has 2 aromatic carbocycles. The van der Waals surface area contributed by atoms with Crippen LogP contribution in [0.15, 0.2) is 65.0 Å². The first-order valence-electron chi connectivity index (χ1n) is 9.20. The molecule has 4 aromatic rings. The SMILES string of the molecule is COC(=O)C(c1ccccc1)n1cnc2scc(-c3ccc(C)c(C)c3)c2c1=O. The van der Waals surface area contributed by atoms with Gasteiger partial charge in [-0.3, -0.25) is 9.36 Å². The van der Waals surface area contributed by atoms with E-state index < -0.39 is 12.0 Å². The van der Waals surface area contributed by atoms with Crippen LogP contribution >= 0.6 is 11.3 Å². The van der Waals surface area contributed by atoms with E-state index in [1.165, 1.54) is 34.9 Å². The number of thiophene rings is 1. The minimum Gasteiger partial charge on any atom is -0.467 e. The van der Waals surface area contributed by atoms with Gasteiger partial charge in [0.1, 0.15) is 11.2 Å². The van der Waals surface area contributed by atoms with E-state index >= 15 is 0 Å². The Morgan fingerprint density at radius 1 is 1.10 bits per heavy atom. The van der Waals surface area contributed by atoms with E-state index in [2.05, 4.69) is 18.0 Å². The van der Waals surface area contributed by atoms with E-state index in [1.807, 2.05) is 42.6 Å². The van der Waals surface area contributed by atoms with Gasteiger partial charge < -0.3 is 4.74 Å². The van der Waals surface area contributed by atoms with Crippen molar-refractivity contribution in [2.24, 2.45) is 0 Å². The van der Waals surface area contributed by atoms with Crippen LogP contribution in [0.3, 0.4) is 0 Å². The monoisotopic (exact) mass is 404 g/mol. The highest BCUT2D eigenvalue weighted by molar-refractivity contribution is 7.17. The molecule has 0 radical (unpaired) electrons. The van der Waals surface area contributed by atoms with Crippen LogP contribution in [-0.2, 0) is 9.53 Å². The minimum atomic E-state index is -0.891. The predicted molar refractivity (Wildman–Crippen MR) is 115 cm³/mol. The van der Waals surface area contributed by atoms with Crippen LogP contribution in [0.2, 0.25) is 0 Å². The second kappa shape index (κ2) is 7.64. The molecule has 0 amide bonds. The third-order valence-electron chi connectivity index (χ3n) is 5.16. The van der Waals surface area contributed by atoms with Gasteiger partial charge in [0.15, 0.2) is 6.04 Å². The Labute approximate surface area is 172 Å². The Balaban J connectivity index is 1.95. The average molecular weight is 404 g/mol. The fourth-order valence-electron chi connectivity index (χ4n) is 3.41. The van der Waals surface area contributed by atoms with Gasteiger partial charge in [-0.15, -0.1) is 11.3 Å². The van der Waals surface area contributed by atoms with E-state index in [1.54, 1.807) is 12.1 Å². The van der Waals surface area contributed by atoms with Gasteiger partial charge in [-0.25, -0.2) is 9.78 Å². The lowest BCUT2D eigenvalue weighted by Crippen LogP contribution is -2.31. The molecule has 0 saturated carbocycles. The number of esters is 1. The van der Waals surface area contributed by atoms with Gasteiger partial charge in [0.05, 0.1) is 12.5 Å². The number of ether oxygens (including phenoxy) is 1. The number of hydrogen-bond acceptors (Lipinski definition) is 5. The molecule has 0 aliphatic heterocycles. The summed E-state index contributed by atoms with van der Waals surface area (Å²) in [6.45, 7) is 4.10. The Morgan fingerprint density at radius 3 is 2.55 bits per heavy atom. The maximum Gasteiger partial charge on any atom is 0.333 e. The molecule has 0 fully saturated rings. The van der Waals surface area contributed by atoms with Crippen LogP contribution < -0.4 is 5.56 Å². The second-order valence-corrected chi connectivity index (χ2v) is 7.78. The molecule has 0 bridgehead atoms. The first-order chi connectivity index (χ1) is 14.0. The first kappa shape index (κ1) is 19.1. The largest absolute Gasteiger partial charge is 0.467 e. The zero-order valence-corrected chi connectivity index (χ0v) is 17.2. The quantitative estimate of drug-likeness (QED) is 0.470. The summed E-state index contributed by atoms with van der Waals surface area (Å²) in [4.78, 5) is 31.2. The van der Waals surface area contributed by atoms with E-state index in [0.717, 1.165) is 16.7 Å². The van der Waals surface area contributed by atoms with Gasteiger partial charge in [-0.05, 0) is 36.1 Å². The number of carbonyl (C=O) groups is 1. The van der Waals surface area contributed by atoms with Gasteiger partial charge >= 0.3 is 5.97 Å². The lowest BCUT2D eigenvalue weighted by molar-refractivity contribution is -0.143. The van der Waals surface area contributed by atoms with Crippen molar-refractivity contribution < 1.29 is 9.53 Å². The second-order valence-electron chi connectivity index (χ2n) is 6.92. The van der Waals surface area contributed by atoms with Crippen molar-refractivity contribution in [3.8, 4) is 11.1 Å². The minimum absolute atomic E-state index is 0.260. The summed E-state index contributed by atoms with van der Waals surface area (Å²) >= 11 is 1.42. The number of methoxy groups -OCH3 is 1. The van der Waals surface area contributed by atoms with Crippen molar-refractivity contribution >= 4 is 27.5 Å². The summed E-state index contributed by atoms with van der Waals surface area (Å²) in [5.74, 6) is -0.512. The molecule has 5 nitrogen and oxygen atoms in total. The van der Waals surface area contributed by atoms with Gasteiger partial charge in [0.2, 0.25) is 0 Å². The molecule has 4 rings (SSSR count). The summed E-state index contributed by atoms with van der Waals surface area (Å²) in [7, 11) is 1.32. The topological polar surface area (TPSA) is 61.2 Å². The van der Waals surface area contributed by atoms with Crippen LogP contribution in [0.1, 0.15) is 22.7 Å². The van der Waals surface area contributed by atoms with Crippen LogP contribution in [0.5, 0.6) is 0 Å². The highest BCUT2D eigenvalue weighted by Gasteiger charge is 2.26. The van der Waals surface area contributed by atoms with Crippen molar-refractivity contribution in [1.29, 1.82) is 0 Å². The van der Waals surface area contributed by atoms with E-state index in [-0.39, 0.29) is 5.56 Å². The number of aromatic nitrogens is 2. The molecule has 2 aromatic heterocycles. The van der Waals surface area contributed by atoms with Gasteiger partial charge in [0.25, 0.3) is 5.56 Å². The lowest BCUT2D eigenvalue weighted by atomic mass is 10.0. The van der Waals surface area contributed by atoms with Crippen molar-refractivity contribution in [2.75, 3.05) is 7.11 Å². The summed E-state index contributed by atoms with van der Waals surface area (Å²) in [6, 6.07) is 14.4. The van der Waals surface area contributed by atoms with Crippen LogP contribution in [0.25, 0.3) is 21.3 Å². The molecule has 0 spiro atoms. The Morgan fingerprint density at radius 2 is 1.86 bits per heavy atom. The summed E-state index contributed by atoms with van der Waals surface area (Å²) in [6.07, 6.45) is 1.43. The number of aryl methyl sites for hydroxylation is 2. The Hall–Kier alpha value is -3.25. The third-order valence-corrected chi connectivity index (χ3v) is 6.04. The lowest BCUT2D eigenvalue weighted by Gasteiger charge is -2.17. The molecular formula is C23H20N2O3S. The zero-order chi connectivity index (χ0) is 20.5. The molecular weight excluding hydrogens is 384 g/mol. The van der Waals surface area contributed by atoms with Crippen molar-refractivity contribution in [2.45, 2.75) is 19.9 Å². The molecule has 0 aliphatic rings. The molecule has 0 aliphatic carbocycles. The fourth-order valence-corrected chi connectivity index (χ4v) is 4.31. The molecule has 0 N–H and O–H groups in total. The Kier molecular flexibility index (Phi) is 5.03. The van der Waals surface area contributed by atoms with Crippen molar-refractivity contribution in [1.82, 2.24) is 9.55 Å². The summed E-state index contributed by atoms with van der Waals surface area (Å²) < 4.78 is 6.35. The van der Waals surface area contributed by atoms with Crippen LogP contribution in [-0.4, -0.2) is 22.6 Å². The van der Waals surface area contributed by atoms with Crippen LogP contribution in [0, 0.1) is 13.8 Å². The zero-order valence-electron chi connectivity index (χ0n) is 16.4. The molecule has 6 heteroatoms. The Bertz CT molecular complexity index is 1260. The summed E-state index contributed by atoms with van der Waals surface area (Å²) in [5.41, 5.74) is 4.55. The van der Waals surface area contributed by atoms with E-state index in [4.69, 9.17) is 4.74 Å². The van der Waals surface area contributed by atoms with E-state index in [9.17, 15) is 9.59 Å². The highest BCUT2D eigenvalue weighted by Crippen LogP contribution is 2.32. The molecule has 146 valence electrons. The number of hydrogen-bond donors (Lipinski definition) is 0. The summed E-state index contributed by atoms with van der Waals surface area (Å²) in [5, 5.41) is 2.47. The van der Waals surface area contributed by atoms with Crippen molar-refractivity contribution in [3.05, 3.63) is 87.3 Å².